The molecular formula is C22H19FINO2. The number of benzene rings is 3. The first-order chi connectivity index (χ1) is 13.0. The average Bonchev–Trinajstić information content (AvgIpc) is 2.67. The van der Waals surface area contributed by atoms with Crippen LogP contribution in [0.25, 0.3) is 11.1 Å². The topological polar surface area (TPSA) is 29.5 Å². The second kappa shape index (κ2) is 8.99. The van der Waals surface area contributed by atoms with Gasteiger partial charge in [0.25, 0.3) is 5.91 Å². The number of halogens is 2. The zero-order chi connectivity index (χ0) is 19.2. The summed E-state index contributed by atoms with van der Waals surface area (Å²) >= 11 is 2.28. The minimum atomic E-state index is -0.308. The molecule has 0 radical (unpaired) electrons. The van der Waals surface area contributed by atoms with Gasteiger partial charge in [0.15, 0.2) is 6.61 Å². The van der Waals surface area contributed by atoms with Gasteiger partial charge in [0.05, 0.1) is 0 Å². The average molecular weight is 475 g/mol. The van der Waals surface area contributed by atoms with E-state index in [1.807, 2.05) is 24.3 Å². The third-order valence-electron chi connectivity index (χ3n) is 4.13. The summed E-state index contributed by atoms with van der Waals surface area (Å²) < 4.78 is 20.0. The van der Waals surface area contributed by atoms with Crippen LogP contribution in [-0.2, 0) is 11.3 Å². The smallest absolute Gasteiger partial charge is 0.260 e. The van der Waals surface area contributed by atoms with E-state index in [4.69, 9.17) is 4.74 Å². The molecule has 0 spiro atoms. The molecule has 138 valence electrons. The molecule has 1 amide bonds. The number of ether oxygens (including phenoxy) is 1. The molecule has 0 N–H and O–H groups in total. The molecule has 27 heavy (non-hydrogen) atoms. The zero-order valence-corrected chi connectivity index (χ0v) is 17.0. The largest absolute Gasteiger partial charge is 0.484 e. The van der Waals surface area contributed by atoms with E-state index in [0.29, 0.717) is 12.3 Å². The van der Waals surface area contributed by atoms with Gasteiger partial charge in [0.2, 0.25) is 0 Å². The standard InChI is InChI=1S/C22H19FINO2/c1-25(14-16-3-2-4-19(23)13-16)22(26)15-27-21-11-7-18(8-12-21)17-5-9-20(24)10-6-17/h2-13H,14-15H2,1H3. The molecule has 0 heterocycles. The molecule has 5 heteroatoms. The first-order valence-corrected chi connectivity index (χ1v) is 9.56. The Balaban J connectivity index is 1.54. The third-order valence-corrected chi connectivity index (χ3v) is 4.85. The summed E-state index contributed by atoms with van der Waals surface area (Å²) in [6.45, 7) is 0.278. The van der Waals surface area contributed by atoms with Gasteiger partial charge in [-0.1, -0.05) is 36.4 Å². The minimum Gasteiger partial charge on any atom is -0.484 e. The Bertz CT molecular complexity index is 910. The maximum absolute atomic E-state index is 13.2. The zero-order valence-electron chi connectivity index (χ0n) is 14.9. The van der Waals surface area contributed by atoms with Crippen molar-refractivity contribution in [2.24, 2.45) is 0 Å². The SMILES string of the molecule is CN(Cc1cccc(F)c1)C(=O)COc1ccc(-c2ccc(I)cc2)cc1. The first kappa shape index (κ1) is 19.4. The Kier molecular flexibility index (Phi) is 6.45. The van der Waals surface area contributed by atoms with E-state index in [9.17, 15) is 9.18 Å². The van der Waals surface area contributed by atoms with Crippen LogP contribution in [0.3, 0.4) is 0 Å². The van der Waals surface area contributed by atoms with Crippen molar-refractivity contribution >= 4 is 28.5 Å². The molecular weight excluding hydrogens is 456 g/mol. The van der Waals surface area contributed by atoms with E-state index in [-0.39, 0.29) is 18.3 Å². The lowest BCUT2D eigenvalue weighted by Crippen LogP contribution is -2.30. The quantitative estimate of drug-likeness (QED) is 0.463. The molecule has 3 aromatic rings. The van der Waals surface area contributed by atoms with Gasteiger partial charge >= 0.3 is 0 Å². The number of rotatable bonds is 6. The van der Waals surface area contributed by atoms with Crippen LogP contribution in [0.2, 0.25) is 0 Å². The Morgan fingerprint density at radius 2 is 1.63 bits per heavy atom. The van der Waals surface area contributed by atoms with Crippen LogP contribution >= 0.6 is 22.6 Å². The van der Waals surface area contributed by atoms with Gasteiger partial charge in [-0.25, -0.2) is 4.39 Å². The van der Waals surface area contributed by atoms with Crippen LogP contribution in [0.4, 0.5) is 4.39 Å². The Hall–Kier alpha value is -2.41. The maximum atomic E-state index is 13.2. The van der Waals surface area contributed by atoms with Crippen molar-refractivity contribution < 1.29 is 13.9 Å². The second-order valence-corrected chi connectivity index (χ2v) is 7.45. The lowest BCUT2D eigenvalue weighted by molar-refractivity contribution is -0.132. The van der Waals surface area contributed by atoms with E-state index in [1.165, 1.54) is 20.6 Å². The summed E-state index contributed by atoms with van der Waals surface area (Å²) in [6.07, 6.45) is 0. The number of carbonyl (C=O) groups is 1. The highest BCUT2D eigenvalue weighted by Crippen LogP contribution is 2.23. The molecule has 0 saturated heterocycles. The third kappa shape index (κ3) is 5.53. The fourth-order valence-corrected chi connectivity index (χ4v) is 3.00. The molecule has 3 aromatic carbocycles. The van der Waals surface area contributed by atoms with Gasteiger partial charge in [0, 0.05) is 17.2 Å². The van der Waals surface area contributed by atoms with Crippen molar-refractivity contribution in [1.82, 2.24) is 4.90 Å². The molecule has 3 nitrogen and oxygen atoms in total. The van der Waals surface area contributed by atoms with Crippen molar-refractivity contribution in [2.75, 3.05) is 13.7 Å². The van der Waals surface area contributed by atoms with E-state index in [2.05, 4.69) is 46.9 Å². The van der Waals surface area contributed by atoms with Crippen molar-refractivity contribution in [1.29, 1.82) is 0 Å². The molecule has 0 aliphatic heterocycles. The van der Waals surface area contributed by atoms with E-state index < -0.39 is 0 Å². The Morgan fingerprint density at radius 1 is 1.00 bits per heavy atom. The molecule has 0 aliphatic rings. The number of hydrogen-bond donors (Lipinski definition) is 0. The molecule has 0 aromatic heterocycles. The van der Waals surface area contributed by atoms with Crippen LogP contribution in [0.5, 0.6) is 5.75 Å². The predicted molar refractivity (Wildman–Crippen MR) is 113 cm³/mol. The van der Waals surface area contributed by atoms with Crippen LogP contribution in [0.15, 0.2) is 72.8 Å². The molecule has 0 fully saturated rings. The van der Waals surface area contributed by atoms with E-state index in [1.54, 1.807) is 19.2 Å². The van der Waals surface area contributed by atoms with Crippen LogP contribution in [-0.4, -0.2) is 24.5 Å². The van der Waals surface area contributed by atoms with Gasteiger partial charge in [-0.15, -0.1) is 0 Å². The summed E-state index contributed by atoms with van der Waals surface area (Å²) in [7, 11) is 1.68. The van der Waals surface area contributed by atoms with E-state index in [0.717, 1.165) is 16.7 Å². The molecule has 0 saturated carbocycles. The van der Waals surface area contributed by atoms with Gasteiger partial charge in [-0.05, 0) is 75.7 Å². The summed E-state index contributed by atoms with van der Waals surface area (Å²) in [5.41, 5.74) is 2.97. The minimum absolute atomic E-state index is 0.0608. The van der Waals surface area contributed by atoms with Crippen molar-refractivity contribution in [3.8, 4) is 16.9 Å². The highest BCUT2D eigenvalue weighted by molar-refractivity contribution is 14.1. The number of likely N-dealkylation sites (N-methyl/N-ethyl adjacent to an activating group) is 1. The molecule has 0 atom stereocenters. The van der Waals surface area contributed by atoms with Crippen molar-refractivity contribution in [2.45, 2.75) is 6.54 Å². The number of hydrogen-bond acceptors (Lipinski definition) is 2. The predicted octanol–water partition coefficient (Wildman–Crippen LogP) is 5.13. The van der Waals surface area contributed by atoms with E-state index >= 15 is 0 Å². The fourth-order valence-electron chi connectivity index (χ4n) is 2.64. The van der Waals surface area contributed by atoms with Crippen molar-refractivity contribution in [3.05, 3.63) is 87.7 Å². The van der Waals surface area contributed by atoms with Gasteiger partial charge in [-0.2, -0.15) is 0 Å². The van der Waals surface area contributed by atoms with Crippen LogP contribution in [0.1, 0.15) is 5.56 Å². The lowest BCUT2D eigenvalue weighted by atomic mass is 10.1. The van der Waals surface area contributed by atoms with Crippen LogP contribution < -0.4 is 4.74 Å². The first-order valence-electron chi connectivity index (χ1n) is 8.48. The number of nitrogens with zero attached hydrogens (tertiary/aromatic N) is 1. The monoisotopic (exact) mass is 475 g/mol. The van der Waals surface area contributed by atoms with Gasteiger partial charge < -0.3 is 9.64 Å². The molecule has 0 unspecified atom stereocenters. The van der Waals surface area contributed by atoms with Crippen LogP contribution in [0, 0.1) is 9.39 Å². The van der Waals surface area contributed by atoms with Gasteiger partial charge in [-0.3, -0.25) is 4.79 Å². The summed E-state index contributed by atoms with van der Waals surface area (Å²) in [5.74, 6) is 0.163. The highest BCUT2D eigenvalue weighted by Gasteiger charge is 2.11. The molecule has 3 rings (SSSR count). The maximum Gasteiger partial charge on any atom is 0.260 e. The Labute approximate surface area is 171 Å². The molecule has 0 bridgehead atoms. The van der Waals surface area contributed by atoms with Crippen molar-refractivity contribution in [3.63, 3.8) is 0 Å². The number of carbonyl (C=O) groups excluding carboxylic acids is 1. The second-order valence-electron chi connectivity index (χ2n) is 6.20. The summed E-state index contributed by atoms with van der Waals surface area (Å²) in [5, 5.41) is 0. The fraction of sp³-hybridized carbons (Fsp3) is 0.136. The Morgan fingerprint density at radius 3 is 2.26 bits per heavy atom. The lowest BCUT2D eigenvalue weighted by Gasteiger charge is -2.17. The normalized spacial score (nSPS) is 10.5. The molecule has 0 aliphatic carbocycles. The number of amides is 1. The summed E-state index contributed by atoms with van der Waals surface area (Å²) in [4.78, 5) is 13.8. The highest BCUT2D eigenvalue weighted by atomic mass is 127. The van der Waals surface area contributed by atoms with Gasteiger partial charge in [0.1, 0.15) is 11.6 Å². The summed E-state index contributed by atoms with van der Waals surface area (Å²) in [6, 6.07) is 22.1.